The number of hydrogen-bond acceptors (Lipinski definition) is 3. The summed E-state index contributed by atoms with van der Waals surface area (Å²) in [5.41, 5.74) is 1.63. The molecular weight excluding hydrogens is 327 g/mol. The van der Waals surface area contributed by atoms with Crippen LogP contribution in [0.5, 0.6) is 0 Å². The summed E-state index contributed by atoms with van der Waals surface area (Å²) in [6, 6.07) is 5.29. The molecule has 5 nitrogen and oxygen atoms in total. The quantitative estimate of drug-likeness (QED) is 0.879. The van der Waals surface area contributed by atoms with Crippen LogP contribution in [0.3, 0.4) is 0 Å². The van der Waals surface area contributed by atoms with Crippen LogP contribution < -0.4 is 5.32 Å². The Morgan fingerprint density at radius 1 is 1.45 bits per heavy atom. The summed E-state index contributed by atoms with van der Waals surface area (Å²) in [5, 5.41) is 12.5. The number of carbonyl (C=O) groups excluding carboxylic acids is 1. The topological polar surface area (TPSA) is 69.6 Å². The zero-order chi connectivity index (χ0) is 15.4. The minimum Gasteiger partial charge on any atom is -0.481 e. The number of anilines is 1. The van der Waals surface area contributed by atoms with Gasteiger partial charge < -0.3 is 10.4 Å². The normalized spacial score (nSPS) is 18.4. The van der Waals surface area contributed by atoms with Gasteiger partial charge in [-0.3, -0.25) is 14.5 Å². The van der Waals surface area contributed by atoms with Crippen molar-refractivity contribution in [1.29, 1.82) is 0 Å². The van der Waals surface area contributed by atoms with E-state index >= 15 is 0 Å². The highest BCUT2D eigenvalue weighted by Gasteiger charge is 2.26. The highest BCUT2D eigenvalue weighted by molar-refractivity contribution is 6.30. The molecule has 1 heterocycles. The molecular formula is C15H20Cl2N2O3. The Balaban J connectivity index is 0.00000242. The maximum Gasteiger partial charge on any atom is 0.307 e. The van der Waals surface area contributed by atoms with E-state index in [1.54, 1.807) is 18.2 Å². The van der Waals surface area contributed by atoms with E-state index in [0.717, 1.165) is 24.2 Å². The number of amides is 1. The van der Waals surface area contributed by atoms with Crippen molar-refractivity contribution >= 4 is 41.6 Å². The van der Waals surface area contributed by atoms with Crippen LogP contribution in [0.4, 0.5) is 5.69 Å². The molecule has 1 fully saturated rings. The number of nitrogens with one attached hydrogen (secondary N) is 1. The Bertz CT molecular complexity index is 552. The van der Waals surface area contributed by atoms with Crippen molar-refractivity contribution in [3.05, 3.63) is 28.8 Å². The second-order valence-electron chi connectivity index (χ2n) is 5.42. The first-order valence-corrected chi connectivity index (χ1v) is 7.34. The number of rotatable bonds is 4. The molecule has 1 unspecified atom stereocenters. The fraction of sp³-hybridized carbons (Fsp3) is 0.467. The van der Waals surface area contributed by atoms with Crippen LogP contribution in [-0.2, 0) is 9.59 Å². The van der Waals surface area contributed by atoms with Gasteiger partial charge in [0.2, 0.25) is 5.91 Å². The molecule has 1 atom stereocenters. The molecule has 22 heavy (non-hydrogen) atoms. The second kappa shape index (κ2) is 8.36. The smallest absolute Gasteiger partial charge is 0.307 e. The molecule has 0 bridgehead atoms. The van der Waals surface area contributed by atoms with Crippen LogP contribution in [0.25, 0.3) is 0 Å². The van der Waals surface area contributed by atoms with E-state index in [-0.39, 0.29) is 30.8 Å². The first-order chi connectivity index (χ1) is 9.95. The number of piperidine rings is 1. The monoisotopic (exact) mass is 346 g/mol. The van der Waals surface area contributed by atoms with Crippen molar-refractivity contribution < 1.29 is 14.7 Å². The molecule has 2 N–H and O–H groups in total. The van der Waals surface area contributed by atoms with Gasteiger partial charge in [-0.25, -0.2) is 0 Å². The van der Waals surface area contributed by atoms with E-state index in [0.29, 0.717) is 18.0 Å². The minimum atomic E-state index is -0.784. The molecule has 1 aromatic carbocycles. The summed E-state index contributed by atoms with van der Waals surface area (Å²) in [7, 11) is 0. The van der Waals surface area contributed by atoms with Gasteiger partial charge in [0.25, 0.3) is 0 Å². The zero-order valence-corrected chi connectivity index (χ0v) is 13.9. The Hall–Kier alpha value is -1.30. The third kappa shape index (κ3) is 5.16. The van der Waals surface area contributed by atoms with Crippen molar-refractivity contribution in [1.82, 2.24) is 4.90 Å². The van der Waals surface area contributed by atoms with Gasteiger partial charge in [0.05, 0.1) is 12.5 Å². The first kappa shape index (κ1) is 18.7. The number of carboxylic acids is 1. The zero-order valence-electron chi connectivity index (χ0n) is 12.3. The van der Waals surface area contributed by atoms with Gasteiger partial charge in [0.15, 0.2) is 0 Å². The van der Waals surface area contributed by atoms with E-state index < -0.39 is 5.97 Å². The highest BCUT2D eigenvalue weighted by Crippen LogP contribution is 2.20. The SMILES string of the molecule is Cc1cc(Cl)ccc1NC(=O)CN1CCCC(C(=O)O)C1.Cl. The second-order valence-corrected chi connectivity index (χ2v) is 5.86. The lowest BCUT2D eigenvalue weighted by Gasteiger charge is -2.30. The average Bonchev–Trinajstić information content (AvgIpc) is 2.42. The summed E-state index contributed by atoms with van der Waals surface area (Å²) in [6.07, 6.45) is 1.49. The molecule has 0 saturated carbocycles. The molecule has 7 heteroatoms. The third-order valence-corrected chi connectivity index (χ3v) is 3.92. The number of carboxylic acid groups (broad SMARTS) is 1. The third-order valence-electron chi connectivity index (χ3n) is 3.68. The molecule has 1 aliphatic rings. The number of aryl methyl sites for hydroxylation is 1. The van der Waals surface area contributed by atoms with Crippen molar-refractivity contribution in [2.24, 2.45) is 5.92 Å². The molecule has 0 aromatic heterocycles. The van der Waals surface area contributed by atoms with Gasteiger partial charge in [-0.05, 0) is 50.1 Å². The minimum absolute atomic E-state index is 0. The Morgan fingerprint density at radius 3 is 2.82 bits per heavy atom. The molecule has 1 saturated heterocycles. The maximum absolute atomic E-state index is 12.1. The van der Waals surface area contributed by atoms with Crippen LogP contribution >= 0.6 is 24.0 Å². The molecule has 1 amide bonds. The van der Waals surface area contributed by atoms with Crippen LogP contribution in [0.2, 0.25) is 5.02 Å². The van der Waals surface area contributed by atoms with E-state index in [2.05, 4.69) is 5.32 Å². The lowest BCUT2D eigenvalue weighted by atomic mass is 9.98. The Morgan fingerprint density at radius 2 is 2.18 bits per heavy atom. The fourth-order valence-corrected chi connectivity index (χ4v) is 2.79. The van der Waals surface area contributed by atoms with Crippen molar-refractivity contribution in [2.45, 2.75) is 19.8 Å². The van der Waals surface area contributed by atoms with Gasteiger partial charge in [-0.15, -0.1) is 12.4 Å². The molecule has 1 aliphatic heterocycles. The Labute approximate surface area is 141 Å². The summed E-state index contributed by atoms with van der Waals surface area (Å²) in [4.78, 5) is 25.0. The molecule has 0 radical (unpaired) electrons. The number of likely N-dealkylation sites (tertiary alicyclic amines) is 1. The number of nitrogens with zero attached hydrogens (tertiary/aromatic N) is 1. The largest absolute Gasteiger partial charge is 0.481 e. The fourth-order valence-electron chi connectivity index (χ4n) is 2.56. The van der Waals surface area contributed by atoms with Crippen LogP contribution in [0, 0.1) is 12.8 Å². The van der Waals surface area contributed by atoms with Crippen LogP contribution in [-0.4, -0.2) is 41.5 Å². The highest BCUT2D eigenvalue weighted by atomic mass is 35.5. The summed E-state index contributed by atoms with van der Waals surface area (Å²) >= 11 is 5.88. The molecule has 0 aliphatic carbocycles. The molecule has 2 rings (SSSR count). The number of hydrogen-bond donors (Lipinski definition) is 2. The van der Waals surface area contributed by atoms with E-state index in [9.17, 15) is 9.59 Å². The van der Waals surface area contributed by atoms with Crippen molar-refractivity contribution in [2.75, 3.05) is 25.0 Å². The van der Waals surface area contributed by atoms with Gasteiger partial charge >= 0.3 is 5.97 Å². The number of halogens is 2. The summed E-state index contributed by atoms with van der Waals surface area (Å²) in [6.45, 7) is 3.29. The molecule has 122 valence electrons. The maximum atomic E-state index is 12.1. The van der Waals surface area contributed by atoms with Gasteiger partial charge in [0, 0.05) is 17.3 Å². The summed E-state index contributed by atoms with van der Waals surface area (Å²) < 4.78 is 0. The summed E-state index contributed by atoms with van der Waals surface area (Å²) in [5.74, 6) is -1.29. The predicted molar refractivity (Wildman–Crippen MR) is 88.9 cm³/mol. The predicted octanol–water partition coefficient (Wildman–Crippen LogP) is 2.81. The van der Waals surface area contributed by atoms with Crippen LogP contribution in [0.1, 0.15) is 18.4 Å². The van der Waals surface area contributed by atoms with Gasteiger partial charge in [-0.1, -0.05) is 11.6 Å². The standard InChI is InChI=1S/C15H19ClN2O3.ClH/c1-10-7-12(16)4-5-13(10)17-14(19)9-18-6-2-3-11(8-18)15(20)21;/h4-5,7,11H,2-3,6,8-9H2,1H3,(H,17,19)(H,20,21);1H. The van der Waals surface area contributed by atoms with Crippen molar-refractivity contribution in [3.63, 3.8) is 0 Å². The lowest BCUT2D eigenvalue weighted by molar-refractivity contribution is -0.144. The first-order valence-electron chi connectivity index (χ1n) is 6.97. The van der Waals surface area contributed by atoms with Crippen molar-refractivity contribution in [3.8, 4) is 0 Å². The van der Waals surface area contributed by atoms with Gasteiger partial charge in [-0.2, -0.15) is 0 Å². The number of carbonyl (C=O) groups is 2. The average molecular weight is 347 g/mol. The molecule has 1 aromatic rings. The lowest BCUT2D eigenvalue weighted by Crippen LogP contribution is -2.42. The van der Waals surface area contributed by atoms with E-state index in [1.807, 2.05) is 11.8 Å². The van der Waals surface area contributed by atoms with Crippen LogP contribution in [0.15, 0.2) is 18.2 Å². The van der Waals surface area contributed by atoms with E-state index in [1.165, 1.54) is 0 Å². The van der Waals surface area contributed by atoms with Gasteiger partial charge in [0.1, 0.15) is 0 Å². The number of aliphatic carboxylic acids is 1. The van der Waals surface area contributed by atoms with E-state index in [4.69, 9.17) is 16.7 Å². The molecule has 0 spiro atoms. The Kier molecular flexibility index (Phi) is 7.13. The number of benzene rings is 1.